The van der Waals surface area contributed by atoms with E-state index in [0.29, 0.717) is 38.3 Å². The van der Waals surface area contributed by atoms with Gasteiger partial charge in [0.05, 0.1) is 25.8 Å². The van der Waals surface area contributed by atoms with Crippen LogP contribution in [0.15, 0.2) is 11.6 Å². The summed E-state index contributed by atoms with van der Waals surface area (Å²) < 4.78 is 5.25. The van der Waals surface area contributed by atoms with E-state index >= 15 is 0 Å². The maximum atomic E-state index is 12.5. The monoisotopic (exact) mass is 325 g/mol. The van der Waals surface area contributed by atoms with Crippen LogP contribution in [0, 0.1) is 5.92 Å². The Bertz CT molecular complexity index is 456. The highest BCUT2D eigenvalue weighted by Crippen LogP contribution is 2.15. The molecule has 1 saturated heterocycles. The Balaban J connectivity index is 2.81. The fourth-order valence-electron chi connectivity index (χ4n) is 2.51. The molecule has 1 heterocycles. The number of carbonyl (C=O) groups excluding carboxylic acids is 3. The van der Waals surface area contributed by atoms with Crippen molar-refractivity contribution in [1.29, 1.82) is 0 Å². The van der Waals surface area contributed by atoms with Crippen LogP contribution in [0.25, 0.3) is 0 Å². The average Bonchev–Trinajstić information content (AvgIpc) is 2.56. The van der Waals surface area contributed by atoms with Gasteiger partial charge in [-0.25, -0.2) is 0 Å². The number of rotatable bonds is 7. The van der Waals surface area contributed by atoms with Gasteiger partial charge in [-0.3, -0.25) is 14.4 Å². The molecule has 0 aromatic carbocycles. The highest BCUT2D eigenvalue weighted by atomic mass is 16.5. The zero-order chi connectivity index (χ0) is 17.4. The Morgan fingerprint density at radius 3 is 2.43 bits per heavy atom. The Morgan fingerprint density at radius 1 is 1.30 bits per heavy atom. The molecule has 0 aromatic heterocycles. The van der Waals surface area contributed by atoms with Crippen LogP contribution >= 0.6 is 0 Å². The van der Waals surface area contributed by atoms with Gasteiger partial charge in [0.15, 0.2) is 0 Å². The van der Waals surface area contributed by atoms with E-state index in [0.717, 1.165) is 0 Å². The highest BCUT2D eigenvalue weighted by Gasteiger charge is 2.24. The van der Waals surface area contributed by atoms with Gasteiger partial charge in [-0.05, 0) is 12.8 Å². The zero-order valence-corrected chi connectivity index (χ0v) is 14.4. The Kier molecular flexibility index (Phi) is 7.74. The molecule has 0 spiro atoms. The topological polar surface area (TPSA) is 79.0 Å². The lowest BCUT2D eigenvalue weighted by Gasteiger charge is -2.31. The van der Waals surface area contributed by atoms with E-state index in [1.807, 2.05) is 19.9 Å². The van der Waals surface area contributed by atoms with Crippen molar-refractivity contribution in [3.63, 3.8) is 0 Å². The third-order valence-corrected chi connectivity index (χ3v) is 3.92. The predicted octanol–water partition coefficient (Wildman–Crippen LogP) is 0.0205. The molecule has 7 heteroatoms. The third kappa shape index (κ3) is 5.67. The number of amides is 3. The van der Waals surface area contributed by atoms with Gasteiger partial charge >= 0.3 is 0 Å². The van der Waals surface area contributed by atoms with E-state index in [1.165, 1.54) is 0 Å². The van der Waals surface area contributed by atoms with Crippen LogP contribution in [-0.2, 0) is 19.1 Å². The number of nitrogens with zero attached hydrogens (tertiary/aromatic N) is 2. The molecule has 7 nitrogen and oxygen atoms in total. The lowest BCUT2D eigenvalue weighted by molar-refractivity contribution is -0.132. The van der Waals surface area contributed by atoms with Crippen LogP contribution in [0.2, 0.25) is 0 Å². The van der Waals surface area contributed by atoms with Crippen molar-refractivity contribution >= 4 is 18.2 Å². The van der Waals surface area contributed by atoms with E-state index in [4.69, 9.17) is 4.74 Å². The molecule has 0 bridgehead atoms. The summed E-state index contributed by atoms with van der Waals surface area (Å²) in [6, 6.07) is -0.207. The molecule has 0 aliphatic carbocycles. The molecule has 1 fully saturated rings. The van der Waals surface area contributed by atoms with E-state index in [2.05, 4.69) is 5.32 Å². The minimum atomic E-state index is -0.207. The Hall–Kier alpha value is -1.89. The van der Waals surface area contributed by atoms with Crippen molar-refractivity contribution in [2.24, 2.45) is 5.92 Å². The van der Waals surface area contributed by atoms with Crippen molar-refractivity contribution < 1.29 is 19.1 Å². The molecule has 1 rings (SSSR count). The molecule has 1 aliphatic heterocycles. The molecular weight excluding hydrogens is 298 g/mol. The molecule has 1 atom stereocenters. The standard InChI is InChI=1S/C16H27N3O4/c1-12(2)14(18(4)15(21)10-17-11-20)9-13(3)16(22)19-5-7-23-8-6-19/h9,11-12,14H,5-8,10H2,1-4H3,(H,17,20)/t14-/m1/s1. The molecule has 0 saturated carbocycles. The van der Waals surface area contributed by atoms with E-state index in [-0.39, 0.29) is 30.3 Å². The van der Waals surface area contributed by atoms with Crippen LogP contribution in [0.5, 0.6) is 0 Å². The number of likely N-dealkylation sites (N-methyl/N-ethyl adjacent to an activating group) is 1. The first-order valence-corrected chi connectivity index (χ1v) is 7.86. The Labute approximate surface area is 137 Å². The van der Waals surface area contributed by atoms with Gasteiger partial charge in [0.1, 0.15) is 0 Å². The SMILES string of the molecule is CC(=C[C@H](C(C)C)N(C)C(=O)CNC=O)C(=O)N1CCOCC1. The van der Waals surface area contributed by atoms with Crippen molar-refractivity contribution in [3.8, 4) is 0 Å². The summed E-state index contributed by atoms with van der Waals surface area (Å²) in [5.74, 6) is -0.0721. The lowest BCUT2D eigenvalue weighted by Crippen LogP contribution is -2.44. The highest BCUT2D eigenvalue weighted by molar-refractivity contribution is 5.93. The fourth-order valence-corrected chi connectivity index (χ4v) is 2.51. The summed E-state index contributed by atoms with van der Waals surface area (Å²) in [7, 11) is 1.68. The van der Waals surface area contributed by atoms with Gasteiger partial charge in [-0.2, -0.15) is 0 Å². The van der Waals surface area contributed by atoms with Crippen LogP contribution in [0.1, 0.15) is 20.8 Å². The summed E-state index contributed by atoms with van der Waals surface area (Å²) in [4.78, 5) is 38.2. The van der Waals surface area contributed by atoms with Crippen molar-refractivity contribution in [3.05, 3.63) is 11.6 Å². The first-order chi connectivity index (χ1) is 10.9. The number of hydrogen-bond acceptors (Lipinski definition) is 4. The summed E-state index contributed by atoms with van der Waals surface area (Å²) in [5.41, 5.74) is 0.619. The molecular formula is C16H27N3O4. The van der Waals surface area contributed by atoms with Gasteiger partial charge in [-0.1, -0.05) is 19.9 Å². The second-order valence-electron chi connectivity index (χ2n) is 5.99. The maximum absolute atomic E-state index is 12.5. The molecule has 1 N–H and O–H groups in total. The normalized spacial score (nSPS) is 16.9. The number of morpholine rings is 1. The third-order valence-electron chi connectivity index (χ3n) is 3.92. The number of nitrogens with one attached hydrogen (secondary N) is 1. The molecule has 23 heavy (non-hydrogen) atoms. The summed E-state index contributed by atoms with van der Waals surface area (Å²) in [6.45, 7) is 8.01. The maximum Gasteiger partial charge on any atom is 0.249 e. The first-order valence-electron chi connectivity index (χ1n) is 7.86. The first kappa shape index (κ1) is 19.2. The average molecular weight is 325 g/mol. The minimum Gasteiger partial charge on any atom is -0.378 e. The quantitative estimate of drug-likeness (QED) is 0.529. The van der Waals surface area contributed by atoms with Gasteiger partial charge in [-0.15, -0.1) is 0 Å². The van der Waals surface area contributed by atoms with Crippen molar-refractivity contribution in [1.82, 2.24) is 15.1 Å². The van der Waals surface area contributed by atoms with Crippen LogP contribution in [0.4, 0.5) is 0 Å². The van der Waals surface area contributed by atoms with Gasteiger partial charge in [0, 0.05) is 25.7 Å². The molecule has 1 aliphatic rings. The van der Waals surface area contributed by atoms with Crippen LogP contribution < -0.4 is 5.32 Å². The molecule has 3 amide bonds. The smallest absolute Gasteiger partial charge is 0.249 e. The molecule has 0 radical (unpaired) electrons. The number of ether oxygens (including phenoxy) is 1. The number of hydrogen-bond donors (Lipinski definition) is 1. The molecule has 0 unspecified atom stereocenters. The van der Waals surface area contributed by atoms with E-state index in [1.54, 1.807) is 23.8 Å². The summed E-state index contributed by atoms with van der Waals surface area (Å²) in [6.07, 6.45) is 2.33. The lowest BCUT2D eigenvalue weighted by atomic mass is 9.99. The zero-order valence-electron chi connectivity index (χ0n) is 14.4. The van der Waals surface area contributed by atoms with Crippen molar-refractivity contribution in [2.75, 3.05) is 39.9 Å². The summed E-state index contributed by atoms with van der Waals surface area (Å²) in [5, 5.41) is 2.37. The summed E-state index contributed by atoms with van der Waals surface area (Å²) >= 11 is 0. The fraction of sp³-hybridized carbons (Fsp3) is 0.688. The van der Waals surface area contributed by atoms with Crippen molar-refractivity contribution in [2.45, 2.75) is 26.8 Å². The van der Waals surface area contributed by atoms with Gasteiger partial charge in [0.25, 0.3) is 0 Å². The van der Waals surface area contributed by atoms with E-state index < -0.39 is 0 Å². The minimum absolute atomic E-state index is 0.0224. The molecule has 130 valence electrons. The van der Waals surface area contributed by atoms with E-state index in [9.17, 15) is 14.4 Å². The van der Waals surface area contributed by atoms with Crippen LogP contribution in [0.3, 0.4) is 0 Å². The predicted molar refractivity (Wildman–Crippen MR) is 86.6 cm³/mol. The Morgan fingerprint density at radius 2 is 1.91 bits per heavy atom. The second kappa shape index (κ2) is 9.29. The van der Waals surface area contributed by atoms with Gasteiger partial charge in [0.2, 0.25) is 18.2 Å². The number of carbonyl (C=O) groups is 3. The van der Waals surface area contributed by atoms with Crippen LogP contribution in [-0.4, -0.2) is 74.0 Å². The largest absolute Gasteiger partial charge is 0.378 e. The van der Waals surface area contributed by atoms with Gasteiger partial charge < -0.3 is 19.9 Å². The molecule has 0 aromatic rings. The second-order valence-corrected chi connectivity index (χ2v) is 5.99.